The number of nitrogens with zero attached hydrogens (tertiary/aromatic N) is 1. The molecular weight excluding hydrogens is 500 g/mol. The fraction of sp³-hybridized carbons (Fsp3) is 0.423. The van der Waals surface area contributed by atoms with Crippen LogP contribution >= 0.6 is 0 Å². The summed E-state index contributed by atoms with van der Waals surface area (Å²) in [6.07, 6.45) is 0.607. The SMILES string of the molecule is COC(=O)c1cc(NC(=O)C2CCN(S(=O)(=O)c3cc(C(C)C)ccc3OC)CC2)cc(C(=O)OC)c1. The molecule has 0 saturated carbocycles. The van der Waals surface area contributed by atoms with Gasteiger partial charge in [0.2, 0.25) is 15.9 Å². The first-order valence-electron chi connectivity index (χ1n) is 11.8. The molecule has 2 aromatic rings. The second kappa shape index (κ2) is 11.7. The number of anilines is 1. The smallest absolute Gasteiger partial charge is 0.337 e. The highest BCUT2D eigenvalue weighted by molar-refractivity contribution is 7.89. The molecule has 0 aliphatic carbocycles. The third-order valence-electron chi connectivity index (χ3n) is 6.34. The molecule has 3 rings (SSSR count). The van der Waals surface area contributed by atoms with Crippen molar-refractivity contribution >= 4 is 33.6 Å². The molecule has 1 amide bonds. The zero-order chi connectivity index (χ0) is 27.3. The lowest BCUT2D eigenvalue weighted by Gasteiger charge is -2.31. The van der Waals surface area contributed by atoms with Crippen LogP contribution in [-0.4, -0.2) is 65.0 Å². The lowest BCUT2D eigenvalue weighted by atomic mass is 9.97. The van der Waals surface area contributed by atoms with Gasteiger partial charge in [-0.1, -0.05) is 19.9 Å². The van der Waals surface area contributed by atoms with Gasteiger partial charge in [-0.15, -0.1) is 0 Å². The second-order valence-corrected chi connectivity index (χ2v) is 10.9. The van der Waals surface area contributed by atoms with E-state index >= 15 is 0 Å². The van der Waals surface area contributed by atoms with Crippen molar-refractivity contribution in [2.75, 3.05) is 39.7 Å². The van der Waals surface area contributed by atoms with Crippen molar-refractivity contribution in [2.24, 2.45) is 5.92 Å². The third kappa shape index (κ3) is 6.28. The predicted molar refractivity (Wildman–Crippen MR) is 136 cm³/mol. The van der Waals surface area contributed by atoms with Gasteiger partial charge in [-0.05, 0) is 54.7 Å². The van der Waals surface area contributed by atoms with Crippen LogP contribution in [0.2, 0.25) is 0 Å². The van der Waals surface area contributed by atoms with Crippen LogP contribution in [0.25, 0.3) is 0 Å². The van der Waals surface area contributed by atoms with E-state index < -0.39 is 27.9 Å². The number of rotatable bonds is 8. The first-order valence-corrected chi connectivity index (χ1v) is 13.3. The average molecular weight is 533 g/mol. The normalized spacial score (nSPS) is 14.8. The third-order valence-corrected chi connectivity index (χ3v) is 8.26. The van der Waals surface area contributed by atoms with Crippen LogP contribution < -0.4 is 10.1 Å². The Morgan fingerprint density at radius 3 is 1.97 bits per heavy atom. The number of benzene rings is 2. The molecule has 1 saturated heterocycles. The topological polar surface area (TPSA) is 128 Å². The Bertz CT molecular complexity index is 1250. The van der Waals surface area contributed by atoms with Crippen molar-refractivity contribution in [3.8, 4) is 5.75 Å². The van der Waals surface area contributed by atoms with E-state index in [1.165, 1.54) is 43.8 Å². The van der Waals surface area contributed by atoms with Gasteiger partial charge in [0.05, 0.1) is 32.5 Å². The van der Waals surface area contributed by atoms with Gasteiger partial charge >= 0.3 is 11.9 Å². The van der Waals surface area contributed by atoms with Gasteiger partial charge in [-0.2, -0.15) is 4.31 Å². The van der Waals surface area contributed by atoms with Crippen LogP contribution in [0.1, 0.15) is 58.9 Å². The maximum absolute atomic E-state index is 13.4. The van der Waals surface area contributed by atoms with Crippen molar-refractivity contribution in [1.82, 2.24) is 4.31 Å². The largest absolute Gasteiger partial charge is 0.495 e. The molecule has 0 radical (unpaired) electrons. The summed E-state index contributed by atoms with van der Waals surface area (Å²) in [5.74, 6) is -1.72. The summed E-state index contributed by atoms with van der Waals surface area (Å²) in [4.78, 5) is 37.1. The number of esters is 2. The van der Waals surface area contributed by atoms with E-state index in [9.17, 15) is 22.8 Å². The quantitative estimate of drug-likeness (QED) is 0.512. The van der Waals surface area contributed by atoms with E-state index in [1.54, 1.807) is 12.1 Å². The number of ether oxygens (including phenoxy) is 3. The highest BCUT2D eigenvalue weighted by atomic mass is 32.2. The lowest BCUT2D eigenvalue weighted by Crippen LogP contribution is -2.41. The number of amides is 1. The molecule has 2 aromatic carbocycles. The average Bonchev–Trinajstić information content (AvgIpc) is 2.91. The van der Waals surface area contributed by atoms with Gasteiger partial charge in [0, 0.05) is 24.7 Å². The number of methoxy groups -OCH3 is 3. The van der Waals surface area contributed by atoms with Crippen molar-refractivity contribution in [3.05, 3.63) is 53.1 Å². The van der Waals surface area contributed by atoms with E-state index in [2.05, 4.69) is 5.32 Å². The Labute approximate surface area is 216 Å². The van der Waals surface area contributed by atoms with E-state index in [-0.39, 0.29) is 52.4 Å². The van der Waals surface area contributed by atoms with Crippen molar-refractivity contribution in [3.63, 3.8) is 0 Å². The molecule has 0 bridgehead atoms. The Kier molecular flexibility index (Phi) is 8.93. The summed E-state index contributed by atoms with van der Waals surface area (Å²) < 4.78 is 43.0. The van der Waals surface area contributed by atoms with E-state index in [1.807, 2.05) is 19.9 Å². The van der Waals surface area contributed by atoms with Gasteiger partial charge in [0.1, 0.15) is 10.6 Å². The molecule has 0 atom stereocenters. The fourth-order valence-corrected chi connectivity index (χ4v) is 5.83. The molecule has 37 heavy (non-hydrogen) atoms. The van der Waals surface area contributed by atoms with Crippen LogP contribution in [-0.2, 0) is 24.3 Å². The number of hydrogen-bond acceptors (Lipinski definition) is 8. The van der Waals surface area contributed by atoms with Gasteiger partial charge in [0.25, 0.3) is 0 Å². The van der Waals surface area contributed by atoms with Gasteiger partial charge < -0.3 is 19.5 Å². The first-order chi connectivity index (χ1) is 17.5. The molecule has 1 heterocycles. The predicted octanol–water partition coefficient (Wildman–Crippen LogP) is 3.43. The first kappa shape index (κ1) is 28.1. The van der Waals surface area contributed by atoms with E-state index in [4.69, 9.17) is 14.2 Å². The fourth-order valence-electron chi connectivity index (χ4n) is 4.17. The molecule has 10 nitrogen and oxygen atoms in total. The molecule has 1 N–H and O–H groups in total. The van der Waals surface area contributed by atoms with Crippen molar-refractivity contribution in [1.29, 1.82) is 0 Å². The Morgan fingerprint density at radius 2 is 1.49 bits per heavy atom. The Hall–Kier alpha value is -3.44. The number of carbonyl (C=O) groups is 3. The van der Waals surface area contributed by atoms with Gasteiger partial charge in [-0.3, -0.25) is 4.79 Å². The maximum Gasteiger partial charge on any atom is 0.337 e. The molecule has 200 valence electrons. The molecule has 1 aliphatic rings. The van der Waals surface area contributed by atoms with Crippen LogP contribution in [0, 0.1) is 5.92 Å². The van der Waals surface area contributed by atoms with Gasteiger partial charge in [-0.25, -0.2) is 18.0 Å². The molecule has 1 fully saturated rings. The van der Waals surface area contributed by atoms with Crippen molar-refractivity contribution in [2.45, 2.75) is 37.5 Å². The number of sulfonamides is 1. The lowest BCUT2D eigenvalue weighted by molar-refractivity contribution is -0.120. The molecule has 1 aliphatic heterocycles. The minimum atomic E-state index is -3.83. The standard InChI is InChI=1S/C26H32N2O8S/c1-16(2)18-6-7-22(34-3)23(15-18)37(32,33)28-10-8-17(9-11-28)24(29)27-21-13-19(25(30)35-4)12-20(14-21)26(31)36-5/h6-7,12-17H,8-11H2,1-5H3,(H,27,29). The number of carbonyl (C=O) groups excluding carboxylic acids is 3. The van der Waals surface area contributed by atoms with E-state index in [0.717, 1.165) is 5.56 Å². The molecule has 0 unspecified atom stereocenters. The van der Waals surface area contributed by atoms with E-state index in [0.29, 0.717) is 12.8 Å². The summed E-state index contributed by atoms with van der Waals surface area (Å²) >= 11 is 0. The molecule has 0 spiro atoms. The molecule has 11 heteroatoms. The highest BCUT2D eigenvalue weighted by Gasteiger charge is 2.34. The highest BCUT2D eigenvalue weighted by Crippen LogP contribution is 2.32. The van der Waals surface area contributed by atoms with Crippen LogP contribution in [0.3, 0.4) is 0 Å². The number of nitrogens with one attached hydrogen (secondary N) is 1. The summed E-state index contributed by atoms with van der Waals surface area (Å²) in [6, 6.07) is 9.28. The molecule has 0 aromatic heterocycles. The Balaban J connectivity index is 1.74. The zero-order valence-electron chi connectivity index (χ0n) is 21.6. The minimum Gasteiger partial charge on any atom is -0.495 e. The zero-order valence-corrected chi connectivity index (χ0v) is 22.4. The second-order valence-electron chi connectivity index (χ2n) is 9.01. The summed E-state index contributed by atoms with van der Waals surface area (Å²) in [6.45, 7) is 4.28. The monoisotopic (exact) mass is 532 g/mol. The van der Waals surface area contributed by atoms with Crippen molar-refractivity contribution < 1.29 is 37.0 Å². The minimum absolute atomic E-state index is 0.0826. The van der Waals surface area contributed by atoms with Crippen LogP contribution in [0.15, 0.2) is 41.3 Å². The summed E-state index contributed by atoms with van der Waals surface area (Å²) in [7, 11) is 0.0207. The number of hydrogen-bond donors (Lipinski definition) is 1. The van der Waals surface area contributed by atoms with Gasteiger partial charge in [0.15, 0.2) is 0 Å². The number of piperidine rings is 1. The maximum atomic E-state index is 13.4. The van der Waals surface area contributed by atoms with Crippen LogP contribution in [0.4, 0.5) is 5.69 Å². The summed E-state index contributed by atoms with van der Waals surface area (Å²) in [5.41, 5.74) is 1.28. The Morgan fingerprint density at radius 1 is 0.919 bits per heavy atom. The van der Waals surface area contributed by atoms with Crippen LogP contribution in [0.5, 0.6) is 5.75 Å². The summed E-state index contributed by atoms with van der Waals surface area (Å²) in [5, 5.41) is 2.73. The molecular formula is C26H32N2O8S.